The predicted octanol–water partition coefficient (Wildman–Crippen LogP) is 2.66. The van der Waals surface area contributed by atoms with Crippen LogP contribution in [0.3, 0.4) is 0 Å². The van der Waals surface area contributed by atoms with Crippen molar-refractivity contribution in [2.75, 3.05) is 23.7 Å². The molecule has 1 aromatic rings. The van der Waals surface area contributed by atoms with E-state index in [1.54, 1.807) is 0 Å². The summed E-state index contributed by atoms with van der Waals surface area (Å²) in [5.41, 5.74) is -0.0902. The van der Waals surface area contributed by atoms with Crippen molar-refractivity contribution >= 4 is 17.5 Å². The smallest absolute Gasteiger partial charge is 0.329 e. The van der Waals surface area contributed by atoms with Crippen LogP contribution in [0.2, 0.25) is 0 Å². The summed E-state index contributed by atoms with van der Waals surface area (Å²) < 4.78 is 0. The summed E-state index contributed by atoms with van der Waals surface area (Å²) in [6.45, 7) is 7.48. The summed E-state index contributed by atoms with van der Waals surface area (Å²) in [5.74, 6) is 1.17. The Morgan fingerprint density at radius 2 is 2.00 bits per heavy atom. The molecule has 7 heteroatoms. The van der Waals surface area contributed by atoms with Crippen LogP contribution in [0.1, 0.15) is 33.6 Å². The zero-order valence-corrected chi connectivity index (χ0v) is 11.6. The molecular weight excluding hydrogens is 246 g/mol. The second kappa shape index (κ2) is 7.50. The summed E-state index contributed by atoms with van der Waals surface area (Å²) in [7, 11) is 0. The van der Waals surface area contributed by atoms with Crippen LogP contribution in [0.15, 0.2) is 6.20 Å². The molecule has 0 amide bonds. The lowest BCUT2D eigenvalue weighted by molar-refractivity contribution is -0.384. The monoisotopic (exact) mass is 267 g/mol. The molecule has 0 unspecified atom stereocenters. The number of anilines is 2. The number of aromatic nitrogens is 2. The number of nitrogens with one attached hydrogen (secondary N) is 2. The number of nitro groups is 1. The minimum absolute atomic E-state index is 0.0902. The first-order chi connectivity index (χ1) is 9.12. The Kier molecular flexibility index (Phi) is 5.98. The number of rotatable bonds is 8. The second-order valence-electron chi connectivity index (χ2n) is 4.28. The molecule has 0 radical (unpaired) electrons. The Morgan fingerprint density at radius 1 is 1.32 bits per heavy atom. The quantitative estimate of drug-likeness (QED) is 0.555. The van der Waals surface area contributed by atoms with Crippen molar-refractivity contribution in [3.63, 3.8) is 0 Å². The molecule has 106 valence electrons. The zero-order valence-electron chi connectivity index (χ0n) is 11.6. The van der Waals surface area contributed by atoms with Crippen LogP contribution >= 0.6 is 0 Å². The van der Waals surface area contributed by atoms with Crippen molar-refractivity contribution in [1.29, 1.82) is 0 Å². The molecule has 19 heavy (non-hydrogen) atoms. The Bertz CT molecular complexity index is 421. The number of hydrogen-bond acceptors (Lipinski definition) is 6. The molecule has 0 bridgehead atoms. The minimum Gasteiger partial charge on any atom is -0.364 e. The van der Waals surface area contributed by atoms with E-state index in [4.69, 9.17) is 0 Å². The van der Waals surface area contributed by atoms with E-state index < -0.39 is 4.92 Å². The lowest BCUT2D eigenvalue weighted by Gasteiger charge is -2.14. The Labute approximate surface area is 113 Å². The molecule has 1 aromatic heterocycles. The third-order valence-electron chi connectivity index (χ3n) is 3.01. The van der Waals surface area contributed by atoms with E-state index in [1.807, 2.05) is 6.92 Å². The van der Waals surface area contributed by atoms with Crippen molar-refractivity contribution in [3.8, 4) is 0 Å². The van der Waals surface area contributed by atoms with Crippen molar-refractivity contribution in [1.82, 2.24) is 9.97 Å². The van der Waals surface area contributed by atoms with Crippen LogP contribution in [0.25, 0.3) is 0 Å². The molecule has 2 N–H and O–H groups in total. The van der Waals surface area contributed by atoms with Gasteiger partial charge in [-0.1, -0.05) is 26.7 Å². The van der Waals surface area contributed by atoms with Crippen LogP contribution in [-0.4, -0.2) is 28.0 Å². The average Bonchev–Trinajstić information content (AvgIpc) is 2.40. The highest BCUT2D eigenvalue weighted by atomic mass is 16.6. The highest BCUT2D eigenvalue weighted by Gasteiger charge is 2.17. The molecule has 1 rings (SSSR count). The maximum atomic E-state index is 10.9. The normalized spacial score (nSPS) is 10.5. The molecule has 0 fully saturated rings. The summed E-state index contributed by atoms with van der Waals surface area (Å²) in [6.07, 6.45) is 3.30. The lowest BCUT2D eigenvalue weighted by atomic mass is 10.0. The molecule has 0 aliphatic heterocycles. The first kappa shape index (κ1) is 15.1. The standard InChI is InChI=1S/C12H21N5O2/c1-4-9(5-2)7-14-11-10(17(18)19)8-15-12(16-11)13-6-3/h8-9H,4-7H2,1-3H3,(H2,13,14,15,16). The van der Waals surface area contributed by atoms with E-state index in [-0.39, 0.29) is 11.5 Å². The maximum absolute atomic E-state index is 10.9. The van der Waals surface area contributed by atoms with Gasteiger partial charge in [0.15, 0.2) is 0 Å². The van der Waals surface area contributed by atoms with E-state index in [9.17, 15) is 10.1 Å². The SMILES string of the molecule is CCNc1ncc([N+](=O)[O-])c(NCC(CC)CC)n1. The largest absolute Gasteiger partial charge is 0.364 e. The van der Waals surface area contributed by atoms with Crippen molar-refractivity contribution in [2.45, 2.75) is 33.6 Å². The van der Waals surface area contributed by atoms with E-state index in [2.05, 4.69) is 34.4 Å². The number of nitrogens with zero attached hydrogens (tertiary/aromatic N) is 3. The van der Waals surface area contributed by atoms with Gasteiger partial charge in [0.05, 0.1) is 4.92 Å². The van der Waals surface area contributed by atoms with Gasteiger partial charge in [0, 0.05) is 13.1 Å². The lowest BCUT2D eigenvalue weighted by Crippen LogP contribution is -2.15. The van der Waals surface area contributed by atoms with Gasteiger partial charge in [-0.3, -0.25) is 10.1 Å². The summed E-state index contributed by atoms with van der Waals surface area (Å²) in [6, 6.07) is 0. The fourth-order valence-corrected chi connectivity index (χ4v) is 1.70. The highest BCUT2D eigenvalue weighted by Crippen LogP contribution is 2.22. The summed E-state index contributed by atoms with van der Waals surface area (Å²) in [5, 5.41) is 16.9. The van der Waals surface area contributed by atoms with Gasteiger partial charge in [-0.15, -0.1) is 0 Å². The Morgan fingerprint density at radius 3 is 2.53 bits per heavy atom. The molecular formula is C12H21N5O2. The second-order valence-corrected chi connectivity index (χ2v) is 4.28. The fraction of sp³-hybridized carbons (Fsp3) is 0.667. The molecule has 0 aromatic carbocycles. The van der Waals surface area contributed by atoms with Crippen LogP contribution < -0.4 is 10.6 Å². The molecule has 0 saturated heterocycles. The van der Waals surface area contributed by atoms with Gasteiger partial charge in [-0.25, -0.2) is 4.98 Å². The fourth-order valence-electron chi connectivity index (χ4n) is 1.70. The molecule has 0 spiro atoms. The topological polar surface area (TPSA) is 93.0 Å². The molecule has 7 nitrogen and oxygen atoms in total. The molecule has 0 atom stereocenters. The summed E-state index contributed by atoms with van der Waals surface area (Å²) in [4.78, 5) is 18.5. The minimum atomic E-state index is -0.467. The van der Waals surface area contributed by atoms with Crippen molar-refractivity contribution < 1.29 is 4.92 Å². The van der Waals surface area contributed by atoms with E-state index in [0.717, 1.165) is 12.8 Å². The van der Waals surface area contributed by atoms with Crippen LogP contribution in [0.5, 0.6) is 0 Å². The van der Waals surface area contributed by atoms with Crippen molar-refractivity contribution in [2.24, 2.45) is 5.92 Å². The first-order valence-electron chi connectivity index (χ1n) is 6.61. The Hall–Kier alpha value is -1.92. The van der Waals surface area contributed by atoms with E-state index >= 15 is 0 Å². The van der Waals surface area contributed by atoms with Gasteiger partial charge in [0.1, 0.15) is 6.20 Å². The average molecular weight is 267 g/mol. The molecule has 1 heterocycles. The van der Waals surface area contributed by atoms with E-state index in [0.29, 0.717) is 25.0 Å². The Balaban J connectivity index is 2.87. The summed E-state index contributed by atoms with van der Waals surface area (Å²) >= 11 is 0. The van der Waals surface area contributed by atoms with Crippen LogP contribution in [0, 0.1) is 16.0 Å². The van der Waals surface area contributed by atoms with Gasteiger partial charge in [0.2, 0.25) is 11.8 Å². The van der Waals surface area contributed by atoms with Gasteiger partial charge >= 0.3 is 5.69 Å². The van der Waals surface area contributed by atoms with Crippen LogP contribution in [0.4, 0.5) is 17.5 Å². The predicted molar refractivity (Wildman–Crippen MR) is 75.4 cm³/mol. The van der Waals surface area contributed by atoms with Gasteiger partial charge in [-0.05, 0) is 12.8 Å². The number of hydrogen-bond donors (Lipinski definition) is 2. The zero-order chi connectivity index (χ0) is 14.3. The third kappa shape index (κ3) is 4.35. The first-order valence-corrected chi connectivity index (χ1v) is 6.61. The van der Waals surface area contributed by atoms with Crippen molar-refractivity contribution in [3.05, 3.63) is 16.3 Å². The van der Waals surface area contributed by atoms with Crippen LogP contribution in [-0.2, 0) is 0 Å². The molecule has 0 aliphatic rings. The van der Waals surface area contributed by atoms with E-state index in [1.165, 1.54) is 6.20 Å². The molecule has 0 aliphatic carbocycles. The van der Waals surface area contributed by atoms with Gasteiger partial charge < -0.3 is 10.6 Å². The third-order valence-corrected chi connectivity index (χ3v) is 3.01. The highest BCUT2D eigenvalue weighted by molar-refractivity contribution is 5.56. The maximum Gasteiger partial charge on any atom is 0.329 e. The van der Waals surface area contributed by atoms with Gasteiger partial charge in [0.25, 0.3) is 0 Å². The van der Waals surface area contributed by atoms with Gasteiger partial charge in [-0.2, -0.15) is 4.98 Å². The molecule has 0 saturated carbocycles.